The zero-order valence-electron chi connectivity index (χ0n) is 15.3. The molecule has 6 heteroatoms. The zero-order chi connectivity index (χ0) is 18.5. The third kappa shape index (κ3) is 4.65. The molecule has 0 aliphatic carbocycles. The van der Waals surface area contributed by atoms with Gasteiger partial charge in [-0.1, -0.05) is 24.6 Å². The number of amides is 1. The summed E-state index contributed by atoms with van der Waals surface area (Å²) < 4.78 is 0. The van der Waals surface area contributed by atoms with Gasteiger partial charge in [-0.2, -0.15) is 0 Å². The Kier molecular flexibility index (Phi) is 6.70. The van der Waals surface area contributed by atoms with Crippen LogP contribution in [0.15, 0.2) is 41.8 Å². The summed E-state index contributed by atoms with van der Waals surface area (Å²) in [5.74, 6) is -0.0529. The van der Waals surface area contributed by atoms with Crippen LogP contribution in [0.1, 0.15) is 35.1 Å². The predicted molar refractivity (Wildman–Crippen MR) is 109 cm³/mol. The summed E-state index contributed by atoms with van der Waals surface area (Å²) in [6, 6.07) is 11.5. The molecular formula is C20H26ClN3OS. The van der Waals surface area contributed by atoms with Crippen molar-refractivity contribution in [2.45, 2.75) is 25.9 Å². The molecule has 2 atom stereocenters. The standard InChI is InChI=1S/C20H26ClN3OS/c1-3-23-10-12-24(13-11-23)19(18-5-4-14-26-18)15(2)22-20(25)16-6-8-17(21)9-7-16/h4-9,14-15,19H,3,10-13H2,1-2H3,(H,22,25)/t15-,19-/m0/s1. The molecule has 2 aromatic rings. The Morgan fingerprint density at radius 3 is 2.46 bits per heavy atom. The molecule has 1 aliphatic heterocycles. The van der Waals surface area contributed by atoms with Gasteiger partial charge in [0.2, 0.25) is 0 Å². The van der Waals surface area contributed by atoms with Crippen LogP contribution in [0.25, 0.3) is 0 Å². The van der Waals surface area contributed by atoms with Gasteiger partial charge >= 0.3 is 0 Å². The first-order valence-corrected chi connectivity index (χ1v) is 10.4. The second-order valence-electron chi connectivity index (χ2n) is 6.70. The lowest BCUT2D eigenvalue weighted by Crippen LogP contribution is -2.52. The minimum absolute atomic E-state index is 0.0185. The highest BCUT2D eigenvalue weighted by molar-refractivity contribution is 7.10. The number of benzene rings is 1. The molecule has 1 aromatic heterocycles. The van der Waals surface area contributed by atoms with Crippen LogP contribution in [0.4, 0.5) is 0 Å². The van der Waals surface area contributed by atoms with Crippen molar-refractivity contribution in [3.05, 3.63) is 57.2 Å². The SMILES string of the molecule is CCN1CCN([C@H](c2cccs2)[C@H](C)NC(=O)c2ccc(Cl)cc2)CC1. The molecule has 0 spiro atoms. The van der Waals surface area contributed by atoms with Crippen LogP contribution in [0.2, 0.25) is 5.02 Å². The van der Waals surface area contributed by atoms with Gasteiger partial charge in [0.15, 0.2) is 0 Å². The minimum Gasteiger partial charge on any atom is -0.348 e. The molecule has 140 valence electrons. The molecule has 1 aliphatic rings. The van der Waals surface area contributed by atoms with E-state index < -0.39 is 0 Å². The van der Waals surface area contributed by atoms with Crippen LogP contribution < -0.4 is 5.32 Å². The van der Waals surface area contributed by atoms with Gasteiger partial charge in [-0.3, -0.25) is 9.69 Å². The first-order valence-electron chi connectivity index (χ1n) is 9.14. The first kappa shape index (κ1) is 19.4. The van der Waals surface area contributed by atoms with Crippen molar-refractivity contribution in [1.29, 1.82) is 0 Å². The van der Waals surface area contributed by atoms with E-state index in [1.165, 1.54) is 4.88 Å². The lowest BCUT2D eigenvalue weighted by molar-refractivity contribution is 0.0753. The van der Waals surface area contributed by atoms with E-state index in [0.717, 1.165) is 32.7 Å². The quantitative estimate of drug-likeness (QED) is 0.811. The molecule has 1 amide bonds. The van der Waals surface area contributed by atoms with Crippen LogP contribution in [-0.2, 0) is 0 Å². The van der Waals surface area contributed by atoms with Gasteiger partial charge in [0.1, 0.15) is 0 Å². The number of nitrogens with one attached hydrogen (secondary N) is 1. The molecule has 1 N–H and O–H groups in total. The summed E-state index contributed by atoms with van der Waals surface area (Å²) >= 11 is 7.68. The van der Waals surface area contributed by atoms with Gasteiger partial charge in [-0.15, -0.1) is 11.3 Å². The molecule has 0 radical (unpaired) electrons. The van der Waals surface area contributed by atoms with Crippen molar-refractivity contribution >= 4 is 28.8 Å². The molecule has 2 heterocycles. The lowest BCUT2D eigenvalue weighted by atomic mass is 10.0. The fourth-order valence-corrected chi connectivity index (χ4v) is 4.62. The second kappa shape index (κ2) is 9.00. The number of thiophene rings is 1. The number of likely N-dealkylation sites (N-methyl/N-ethyl adjacent to an activating group) is 1. The third-order valence-electron chi connectivity index (χ3n) is 5.02. The van der Waals surface area contributed by atoms with E-state index in [1.54, 1.807) is 35.6 Å². The van der Waals surface area contributed by atoms with Crippen molar-refractivity contribution in [1.82, 2.24) is 15.1 Å². The van der Waals surface area contributed by atoms with Crippen LogP contribution >= 0.6 is 22.9 Å². The number of carbonyl (C=O) groups is 1. The molecule has 4 nitrogen and oxygen atoms in total. The smallest absolute Gasteiger partial charge is 0.251 e. The van der Waals surface area contributed by atoms with Crippen molar-refractivity contribution < 1.29 is 4.79 Å². The number of hydrogen-bond donors (Lipinski definition) is 1. The summed E-state index contributed by atoms with van der Waals surface area (Å²) in [6.07, 6.45) is 0. The first-order chi connectivity index (χ1) is 12.6. The fraction of sp³-hybridized carbons (Fsp3) is 0.450. The number of hydrogen-bond acceptors (Lipinski definition) is 4. The summed E-state index contributed by atoms with van der Waals surface area (Å²) in [6.45, 7) is 9.62. The average molecular weight is 392 g/mol. The monoisotopic (exact) mass is 391 g/mol. The maximum absolute atomic E-state index is 12.6. The fourth-order valence-electron chi connectivity index (χ4n) is 3.53. The van der Waals surface area contributed by atoms with Gasteiger partial charge in [-0.25, -0.2) is 0 Å². The van der Waals surface area contributed by atoms with E-state index in [1.807, 2.05) is 0 Å². The average Bonchev–Trinajstić information content (AvgIpc) is 3.17. The number of halogens is 1. The van der Waals surface area contributed by atoms with E-state index >= 15 is 0 Å². The van der Waals surface area contributed by atoms with Crippen molar-refractivity contribution in [2.24, 2.45) is 0 Å². The molecule has 1 fully saturated rings. The Morgan fingerprint density at radius 2 is 1.88 bits per heavy atom. The van der Waals surface area contributed by atoms with Gasteiger partial charge in [-0.05, 0) is 49.2 Å². The predicted octanol–water partition coefficient (Wildman–Crippen LogP) is 3.90. The van der Waals surface area contributed by atoms with E-state index in [4.69, 9.17) is 11.6 Å². The van der Waals surface area contributed by atoms with E-state index in [9.17, 15) is 4.79 Å². The highest BCUT2D eigenvalue weighted by Crippen LogP contribution is 2.29. The number of nitrogens with zero attached hydrogens (tertiary/aromatic N) is 2. The molecule has 1 aromatic carbocycles. The molecular weight excluding hydrogens is 366 g/mol. The van der Waals surface area contributed by atoms with Crippen molar-refractivity contribution in [3.8, 4) is 0 Å². The second-order valence-corrected chi connectivity index (χ2v) is 8.12. The number of piperazine rings is 1. The highest BCUT2D eigenvalue weighted by atomic mass is 35.5. The number of carbonyl (C=O) groups excluding carboxylic acids is 1. The Labute approximate surface area is 164 Å². The maximum atomic E-state index is 12.6. The summed E-state index contributed by atoms with van der Waals surface area (Å²) in [4.78, 5) is 18.9. The summed E-state index contributed by atoms with van der Waals surface area (Å²) in [5.41, 5.74) is 0.641. The van der Waals surface area contributed by atoms with Crippen molar-refractivity contribution in [3.63, 3.8) is 0 Å². The van der Waals surface area contributed by atoms with Crippen molar-refractivity contribution in [2.75, 3.05) is 32.7 Å². The normalized spacial score (nSPS) is 18.4. The van der Waals surface area contributed by atoms with Crippen LogP contribution in [0.3, 0.4) is 0 Å². The molecule has 0 unspecified atom stereocenters. The summed E-state index contributed by atoms with van der Waals surface area (Å²) in [5, 5.41) is 5.94. The van der Waals surface area contributed by atoms with E-state index in [2.05, 4.69) is 46.5 Å². The lowest BCUT2D eigenvalue weighted by Gasteiger charge is -2.41. The Morgan fingerprint density at radius 1 is 1.19 bits per heavy atom. The van der Waals surface area contributed by atoms with Gasteiger partial charge < -0.3 is 10.2 Å². The Bertz CT molecular complexity index is 696. The largest absolute Gasteiger partial charge is 0.348 e. The minimum atomic E-state index is -0.0529. The summed E-state index contributed by atoms with van der Waals surface area (Å²) in [7, 11) is 0. The topological polar surface area (TPSA) is 35.6 Å². The Balaban J connectivity index is 1.72. The molecule has 1 saturated heterocycles. The van der Waals surface area contributed by atoms with E-state index in [-0.39, 0.29) is 18.0 Å². The zero-order valence-corrected chi connectivity index (χ0v) is 16.9. The van der Waals surface area contributed by atoms with Gasteiger partial charge in [0.05, 0.1) is 6.04 Å². The van der Waals surface area contributed by atoms with Crippen LogP contribution in [0.5, 0.6) is 0 Å². The van der Waals surface area contributed by atoms with Crippen LogP contribution in [0, 0.1) is 0 Å². The Hall–Kier alpha value is -1.40. The molecule has 0 bridgehead atoms. The van der Waals surface area contributed by atoms with Gasteiger partial charge in [0, 0.05) is 47.7 Å². The molecule has 3 rings (SSSR count). The third-order valence-corrected chi connectivity index (χ3v) is 6.22. The van der Waals surface area contributed by atoms with Gasteiger partial charge in [0.25, 0.3) is 5.91 Å². The molecule has 26 heavy (non-hydrogen) atoms. The van der Waals surface area contributed by atoms with E-state index in [0.29, 0.717) is 10.6 Å². The maximum Gasteiger partial charge on any atom is 0.251 e. The van der Waals surface area contributed by atoms with Crippen LogP contribution in [-0.4, -0.2) is 54.5 Å². The number of rotatable bonds is 6. The highest BCUT2D eigenvalue weighted by Gasteiger charge is 2.30. The molecule has 0 saturated carbocycles.